The van der Waals surface area contributed by atoms with Crippen LogP contribution in [0.3, 0.4) is 0 Å². The Balaban J connectivity index is 1.82. The van der Waals surface area contributed by atoms with Gasteiger partial charge >= 0.3 is 5.97 Å². The van der Waals surface area contributed by atoms with E-state index in [1.807, 2.05) is 31.3 Å². The molecule has 2 N–H and O–H groups in total. The van der Waals surface area contributed by atoms with E-state index in [1.54, 1.807) is 7.11 Å². The third-order valence-electron chi connectivity index (χ3n) is 4.79. The number of carboxylic acid groups (broad SMARTS) is 1. The fraction of sp³-hybridized carbons (Fsp3) is 0.444. The number of aliphatic carboxylic acids is 1. The average Bonchev–Trinajstić information content (AvgIpc) is 2.96. The average molecular weight is 330 g/mol. The summed E-state index contributed by atoms with van der Waals surface area (Å²) in [7, 11) is 1.60. The molecule has 1 saturated heterocycles. The van der Waals surface area contributed by atoms with Gasteiger partial charge in [0, 0.05) is 23.6 Å². The summed E-state index contributed by atoms with van der Waals surface area (Å²) in [5.74, 6) is -0.00738. The topological polar surface area (TPSA) is 82.6 Å². The van der Waals surface area contributed by atoms with Crippen LogP contribution in [0.1, 0.15) is 25.3 Å². The number of methoxy groups -OCH3 is 1. The van der Waals surface area contributed by atoms with Crippen molar-refractivity contribution in [3.05, 3.63) is 30.0 Å². The number of benzene rings is 1. The van der Waals surface area contributed by atoms with Crippen molar-refractivity contribution < 1.29 is 19.4 Å². The number of carboxylic acids is 1. The van der Waals surface area contributed by atoms with Crippen LogP contribution in [0.15, 0.2) is 24.4 Å². The van der Waals surface area contributed by atoms with Gasteiger partial charge in [-0.1, -0.05) is 6.92 Å². The molecule has 0 aliphatic carbocycles. The number of rotatable bonds is 4. The summed E-state index contributed by atoms with van der Waals surface area (Å²) in [6.45, 7) is 2.53. The number of H-pyrrole nitrogens is 1. The minimum absolute atomic E-state index is 0.141. The lowest BCUT2D eigenvalue weighted by Crippen LogP contribution is -2.50. The number of hydrogen-bond acceptors (Lipinski definition) is 3. The van der Waals surface area contributed by atoms with Crippen molar-refractivity contribution in [3.8, 4) is 5.75 Å². The molecule has 128 valence electrons. The molecule has 1 amide bonds. The maximum Gasteiger partial charge on any atom is 0.326 e. The predicted octanol–water partition coefficient (Wildman–Crippen LogP) is 2.43. The lowest BCUT2D eigenvalue weighted by molar-refractivity contribution is -0.152. The first-order valence-electron chi connectivity index (χ1n) is 8.16. The van der Waals surface area contributed by atoms with Gasteiger partial charge < -0.3 is 19.7 Å². The maximum absolute atomic E-state index is 12.7. The second-order valence-corrected chi connectivity index (χ2v) is 6.47. The summed E-state index contributed by atoms with van der Waals surface area (Å²) in [6.07, 6.45) is 3.36. The Bertz CT molecular complexity index is 767. The highest BCUT2D eigenvalue weighted by molar-refractivity contribution is 5.91. The number of aromatic nitrogens is 1. The number of carbonyl (C=O) groups is 2. The maximum atomic E-state index is 12.7. The van der Waals surface area contributed by atoms with Crippen molar-refractivity contribution in [1.29, 1.82) is 0 Å². The van der Waals surface area contributed by atoms with Crippen molar-refractivity contribution in [3.63, 3.8) is 0 Å². The van der Waals surface area contributed by atoms with Crippen molar-refractivity contribution in [1.82, 2.24) is 9.88 Å². The number of aromatic amines is 1. The van der Waals surface area contributed by atoms with Gasteiger partial charge in [0.25, 0.3) is 0 Å². The number of carbonyl (C=O) groups excluding carboxylic acids is 1. The molecule has 1 aromatic carbocycles. The van der Waals surface area contributed by atoms with Crippen molar-refractivity contribution in [2.24, 2.45) is 5.92 Å². The van der Waals surface area contributed by atoms with Crippen molar-refractivity contribution in [2.75, 3.05) is 13.7 Å². The SMILES string of the molecule is COc1ccc2[nH]cc(CC(=O)N3CCC(C)CC3C(=O)O)c2c1. The van der Waals surface area contributed by atoms with E-state index in [2.05, 4.69) is 4.98 Å². The molecule has 2 unspecified atom stereocenters. The zero-order valence-corrected chi connectivity index (χ0v) is 13.9. The van der Waals surface area contributed by atoms with Crippen LogP contribution in [0.2, 0.25) is 0 Å². The van der Waals surface area contributed by atoms with Crippen LogP contribution in [0, 0.1) is 5.92 Å². The third-order valence-corrected chi connectivity index (χ3v) is 4.79. The Labute approximate surface area is 140 Å². The van der Waals surface area contributed by atoms with Crippen LogP contribution in [-0.2, 0) is 16.0 Å². The van der Waals surface area contributed by atoms with Gasteiger partial charge in [-0.05, 0) is 42.5 Å². The van der Waals surface area contributed by atoms with Crippen LogP contribution in [0.5, 0.6) is 5.75 Å². The number of ether oxygens (including phenoxy) is 1. The van der Waals surface area contributed by atoms with Gasteiger partial charge in [0.15, 0.2) is 0 Å². The Morgan fingerprint density at radius 3 is 2.92 bits per heavy atom. The molecule has 1 fully saturated rings. The molecule has 0 spiro atoms. The number of nitrogens with one attached hydrogen (secondary N) is 1. The molecule has 1 aliphatic heterocycles. The first-order valence-corrected chi connectivity index (χ1v) is 8.16. The van der Waals surface area contributed by atoms with E-state index < -0.39 is 12.0 Å². The van der Waals surface area contributed by atoms with E-state index in [4.69, 9.17) is 4.74 Å². The highest BCUT2D eigenvalue weighted by atomic mass is 16.5. The molecular weight excluding hydrogens is 308 g/mol. The van der Waals surface area contributed by atoms with Gasteiger partial charge in [-0.2, -0.15) is 0 Å². The number of piperidine rings is 1. The van der Waals surface area contributed by atoms with E-state index in [1.165, 1.54) is 4.90 Å². The largest absolute Gasteiger partial charge is 0.497 e. The molecule has 1 aliphatic rings. The van der Waals surface area contributed by atoms with E-state index in [9.17, 15) is 14.7 Å². The predicted molar refractivity (Wildman–Crippen MR) is 90.1 cm³/mol. The number of hydrogen-bond donors (Lipinski definition) is 2. The Morgan fingerprint density at radius 1 is 1.42 bits per heavy atom. The molecule has 6 nitrogen and oxygen atoms in total. The molecule has 1 aromatic heterocycles. The summed E-state index contributed by atoms with van der Waals surface area (Å²) in [5.41, 5.74) is 1.79. The molecule has 2 heterocycles. The first-order chi connectivity index (χ1) is 11.5. The second kappa shape index (κ2) is 6.55. The summed E-state index contributed by atoms with van der Waals surface area (Å²) in [6, 6.07) is 4.93. The fourth-order valence-electron chi connectivity index (χ4n) is 3.37. The number of likely N-dealkylation sites (tertiary alicyclic amines) is 1. The monoisotopic (exact) mass is 330 g/mol. The molecule has 2 aromatic rings. The third kappa shape index (κ3) is 3.09. The Morgan fingerprint density at radius 2 is 2.21 bits per heavy atom. The molecule has 3 rings (SSSR count). The summed E-state index contributed by atoms with van der Waals surface area (Å²) < 4.78 is 5.24. The minimum Gasteiger partial charge on any atom is -0.497 e. The number of nitrogens with zero attached hydrogens (tertiary/aromatic N) is 1. The van der Waals surface area contributed by atoms with Crippen molar-refractivity contribution in [2.45, 2.75) is 32.2 Å². The van der Waals surface area contributed by atoms with Gasteiger partial charge in [0.1, 0.15) is 11.8 Å². The zero-order chi connectivity index (χ0) is 17.3. The van der Waals surface area contributed by atoms with Crippen LogP contribution in [0.25, 0.3) is 10.9 Å². The van der Waals surface area contributed by atoms with E-state index in [0.29, 0.717) is 18.9 Å². The highest BCUT2D eigenvalue weighted by Crippen LogP contribution is 2.27. The molecule has 0 radical (unpaired) electrons. The smallest absolute Gasteiger partial charge is 0.326 e. The lowest BCUT2D eigenvalue weighted by Gasteiger charge is -2.36. The van der Waals surface area contributed by atoms with Crippen molar-refractivity contribution >= 4 is 22.8 Å². The fourth-order valence-corrected chi connectivity index (χ4v) is 3.37. The molecule has 2 atom stereocenters. The van der Waals surface area contributed by atoms with E-state index >= 15 is 0 Å². The minimum atomic E-state index is -0.921. The van der Waals surface area contributed by atoms with Crippen LogP contribution in [-0.4, -0.2) is 46.6 Å². The van der Waals surface area contributed by atoms with Crippen LogP contribution >= 0.6 is 0 Å². The second-order valence-electron chi connectivity index (χ2n) is 6.47. The summed E-state index contributed by atoms with van der Waals surface area (Å²) >= 11 is 0. The highest BCUT2D eigenvalue weighted by Gasteiger charge is 2.34. The van der Waals surface area contributed by atoms with Gasteiger partial charge in [-0.25, -0.2) is 4.79 Å². The number of fused-ring (bicyclic) bond motifs is 1. The zero-order valence-electron chi connectivity index (χ0n) is 13.9. The molecule has 24 heavy (non-hydrogen) atoms. The van der Waals surface area contributed by atoms with Gasteiger partial charge in [0.2, 0.25) is 5.91 Å². The normalized spacial score (nSPS) is 21.0. The van der Waals surface area contributed by atoms with Gasteiger partial charge in [-0.3, -0.25) is 4.79 Å². The molecule has 0 saturated carbocycles. The quantitative estimate of drug-likeness (QED) is 0.902. The van der Waals surface area contributed by atoms with E-state index in [0.717, 1.165) is 28.6 Å². The molecule has 0 bridgehead atoms. The first kappa shape index (κ1) is 16.4. The Hall–Kier alpha value is -2.50. The van der Waals surface area contributed by atoms with Gasteiger partial charge in [0.05, 0.1) is 13.5 Å². The summed E-state index contributed by atoms with van der Waals surface area (Å²) in [5, 5.41) is 10.4. The molecule has 6 heteroatoms. The van der Waals surface area contributed by atoms with Gasteiger partial charge in [-0.15, -0.1) is 0 Å². The van der Waals surface area contributed by atoms with Crippen LogP contribution < -0.4 is 4.74 Å². The standard InChI is InChI=1S/C18H22N2O4/c1-11-5-6-20(16(7-11)18(22)23)17(21)8-12-10-19-15-4-3-13(24-2)9-14(12)15/h3-4,9-11,16,19H,5-8H2,1-2H3,(H,22,23). The lowest BCUT2D eigenvalue weighted by atomic mass is 9.92. The molecular formula is C18H22N2O4. The van der Waals surface area contributed by atoms with E-state index in [-0.39, 0.29) is 12.3 Å². The summed E-state index contributed by atoms with van der Waals surface area (Å²) in [4.78, 5) is 28.9. The number of amides is 1. The Kier molecular flexibility index (Phi) is 4.46. The van der Waals surface area contributed by atoms with Crippen LogP contribution in [0.4, 0.5) is 0 Å².